The van der Waals surface area contributed by atoms with Crippen LogP contribution in [0.15, 0.2) is 11.8 Å². The van der Waals surface area contributed by atoms with Crippen molar-refractivity contribution in [3.63, 3.8) is 0 Å². The van der Waals surface area contributed by atoms with Crippen LogP contribution in [0.1, 0.15) is 33.1 Å². The number of aliphatic hydroxyl groups is 1. The zero-order valence-corrected chi connectivity index (χ0v) is 8.21. The first-order chi connectivity index (χ1) is 6.15. The molecule has 3 heteroatoms. The van der Waals surface area contributed by atoms with E-state index in [-0.39, 0.29) is 5.78 Å². The van der Waals surface area contributed by atoms with E-state index in [0.29, 0.717) is 11.7 Å². The fourth-order valence-corrected chi connectivity index (χ4v) is 1.36. The monoisotopic (exact) mass is 183 g/mol. The summed E-state index contributed by atoms with van der Waals surface area (Å²) in [5.74, 6) is -0.190. The van der Waals surface area contributed by atoms with Gasteiger partial charge in [0.2, 0.25) is 0 Å². The molecule has 0 spiro atoms. The standard InChI is InChI=1S/C10H17NO2/c1-3-4-5-7(2)11-8-6-9(12)10(8)13/h6-7,10-11,13H,3-5H2,1-2H3. The average Bonchev–Trinajstić information content (AvgIpc) is 2.13. The smallest absolute Gasteiger partial charge is 0.191 e. The van der Waals surface area contributed by atoms with E-state index in [0.717, 1.165) is 6.42 Å². The minimum absolute atomic E-state index is 0.190. The Morgan fingerprint density at radius 1 is 1.69 bits per heavy atom. The SMILES string of the molecule is CCCCC(C)NC1=CC(=O)C1O. The van der Waals surface area contributed by atoms with Crippen molar-refractivity contribution in [2.45, 2.75) is 45.3 Å². The summed E-state index contributed by atoms with van der Waals surface area (Å²) in [6.07, 6.45) is 4.00. The first-order valence-electron chi connectivity index (χ1n) is 4.85. The molecule has 0 amide bonds. The van der Waals surface area contributed by atoms with E-state index in [2.05, 4.69) is 19.2 Å². The van der Waals surface area contributed by atoms with E-state index < -0.39 is 6.10 Å². The highest BCUT2D eigenvalue weighted by atomic mass is 16.3. The van der Waals surface area contributed by atoms with E-state index in [4.69, 9.17) is 0 Å². The number of hydrogen-bond acceptors (Lipinski definition) is 3. The predicted molar refractivity (Wildman–Crippen MR) is 51.2 cm³/mol. The minimum Gasteiger partial charge on any atom is -0.383 e. The van der Waals surface area contributed by atoms with Crippen LogP contribution < -0.4 is 5.32 Å². The van der Waals surface area contributed by atoms with Crippen LogP contribution >= 0.6 is 0 Å². The number of carbonyl (C=O) groups excluding carboxylic acids is 1. The third-order valence-electron chi connectivity index (χ3n) is 2.27. The van der Waals surface area contributed by atoms with Crippen LogP contribution in [0, 0.1) is 0 Å². The van der Waals surface area contributed by atoms with Crippen molar-refractivity contribution in [2.24, 2.45) is 0 Å². The van der Waals surface area contributed by atoms with Crippen LogP contribution in [0.5, 0.6) is 0 Å². The quantitative estimate of drug-likeness (QED) is 0.668. The van der Waals surface area contributed by atoms with Gasteiger partial charge >= 0.3 is 0 Å². The molecule has 0 aromatic rings. The van der Waals surface area contributed by atoms with Gasteiger partial charge in [0.05, 0.1) is 5.70 Å². The molecule has 0 heterocycles. The van der Waals surface area contributed by atoms with Crippen LogP contribution in [0.25, 0.3) is 0 Å². The summed E-state index contributed by atoms with van der Waals surface area (Å²) in [7, 11) is 0. The van der Waals surface area contributed by atoms with Crippen molar-refractivity contribution in [2.75, 3.05) is 0 Å². The Labute approximate surface area is 78.8 Å². The van der Waals surface area contributed by atoms with Gasteiger partial charge in [-0.05, 0) is 13.3 Å². The highest BCUT2D eigenvalue weighted by molar-refractivity contribution is 6.03. The second-order valence-corrected chi connectivity index (χ2v) is 3.59. The van der Waals surface area contributed by atoms with E-state index >= 15 is 0 Å². The molecule has 2 unspecified atom stereocenters. The summed E-state index contributed by atoms with van der Waals surface area (Å²) < 4.78 is 0. The molecule has 0 saturated heterocycles. The minimum atomic E-state index is -0.885. The van der Waals surface area contributed by atoms with Gasteiger partial charge in [0, 0.05) is 12.1 Å². The maximum atomic E-state index is 10.7. The van der Waals surface area contributed by atoms with Crippen molar-refractivity contribution in [3.05, 3.63) is 11.8 Å². The first kappa shape index (κ1) is 10.3. The molecule has 1 aliphatic rings. The molecule has 0 aromatic carbocycles. The van der Waals surface area contributed by atoms with Crippen molar-refractivity contribution >= 4 is 5.78 Å². The van der Waals surface area contributed by atoms with Crippen LogP contribution in [0.3, 0.4) is 0 Å². The molecule has 74 valence electrons. The molecule has 0 radical (unpaired) electrons. The van der Waals surface area contributed by atoms with Crippen molar-refractivity contribution < 1.29 is 9.90 Å². The summed E-state index contributed by atoms with van der Waals surface area (Å²) in [6, 6.07) is 0.342. The topological polar surface area (TPSA) is 49.3 Å². The number of rotatable bonds is 5. The van der Waals surface area contributed by atoms with E-state index in [1.54, 1.807) is 0 Å². The van der Waals surface area contributed by atoms with Gasteiger partial charge in [0.1, 0.15) is 0 Å². The Kier molecular flexibility index (Phi) is 3.48. The summed E-state index contributed by atoms with van der Waals surface area (Å²) in [5, 5.41) is 12.3. The van der Waals surface area contributed by atoms with Gasteiger partial charge < -0.3 is 10.4 Å². The first-order valence-corrected chi connectivity index (χ1v) is 4.85. The number of ketones is 1. The summed E-state index contributed by atoms with van der Waals surface area (Å²) in [5.41, 5.74) is 0.675. The molecule has 3 nitrogen and oxygen atoms in total. The Morgan fingerprint density at radius 2 is 2.38 bits per heavy atom. The summed E-state index contributed by atoms with van der Waals surface area (Å²) in [4.78, 5) is 10.7. The summed E-state index contributed by atoms with van der Waals surface area (Å²) in [6.45, 7) is 4.21. The normalized spacial score (nSPS) is 23.5. The molecule has 2 atom stereocenters. The predicted octanol–water partition coefficient (Wildman–Crippen LogP) is 0.982. The molecule has 0 aromatic heterocycles. The van der Waals surface area contributed by atoms with Gasteiger partial charge in [-0.25, -0.2) is 0 Å². The molecule has 0 saturated carbocycles. The number of hydrogen-bond donors (Lipinski definition) is 2. The Hall–Kier alpha value is -0.830. The number of nitrogens with one attached hydrogen (secondary N) is 1. The van der Waals surface area contributed by atoms with E-state index in [9.17, 15) is 9.90 Å². The molecule has 0 aliphatic heterocycles. The molecule has 1 aliphatic carbocycles. The lowest BCUT2D eigenvalue weighted by Gasteiger charge is -2.25. The lowest BCUT2D eigenvalue weighted by Crippen LogP contribution is -2.41. The third kappa shape index (κ3) is 2.56. The average molecular weight is 183 g/mol. The van der Waals surface area contributed by atoms with Crippen molar-refractivity contribution in [1.82, 2.24) is 5.32 Å². The highest BCUT2D eigenvalue weighted by Gasteiger charge is 2.28. The fraction of sp³-hybridized carbons (Fsp3) is 0.700. The van der Waals surface area contributed by atoms with E-state index in [1.807, 2.05) is 0 Å². The zero-order valence-electron chi connectivity index (χ0n) is 8.21. The van der Waals surface area contributed by atoms with Gasteiger partial charge in [-0.2, -0.15) is 0 Å². The van der Waals surface area contributed by atoms with Gasteiger partial charge in [-0.3, -0.25) is 4.79 Å². The van der Waals surface area contributed by atoms with Crippen LogP contribution in [0.4, 0.5) is 0 Å². The second-order valence-electron chi connectivity index (χ2n) is 3.59. The Bertz CT molecular complexity index is 223. The van der Waals surface area contributed by atoms with Crippen LogP contribution in [-0.4, -0.2) is 23.0 Å². The molecule has 0 fully saturated rings. The van der Waals surface area contributed by atoms with Crippen molar-refractivity contribution in [3.8, 4) is 0 Å². The van der Waals surface area contributed by atoms with Gasteiger partial charge in [-0.15, -0.1) is 0 Å². The molecular formula is C10H17NO2. The molecule has 0 bridgehead atoms. The summed E-state index contributed by atoms with van der Waals surface area (Å²) >= 11 is 0. The van der Waals surface area contributed by atoms with Crippen LogP contribution in [0.2, 0.25) is 0 Å². The lowest BCUT2D eigenvalue weighted by atomic mass is 9.99. The second kappa shape index (κ2) is 4.42. The van der Waals surface area contributed by atoms with Crippen molar-refractivity contribution in [1.29, 1.82) is 0 Å². The molecule has 1 rings (SSSR count). The van der Waals surface area contributed by atoms with Gasteiger partial charge in [0.15, 0.2) is 11.9 Å². The third-order valence-corrected chi connectivity index (χ3v) is 2.27. The van der Waals surface area contributed by atoms with Gasteiger partial charge in [0.25, 0.3) is 0 Å². The Morgan fingerprint density at radius 3 is 2.85 bits per heavy atom. The molecule has 2 N–H and O–H groups in total. The number of unbranched alkanes of at least 4 members (excludes halogenated alkanes) is 1. The fourth-order valence-electron chi connectivity index (χ4n) is 1.36. The van der Waals surface area contributed by atoms with E-state index in [1.165, 1.54) is 18.9 Å². The van der Waals surface area contributed by atoms with Crippen LogP contribution in [-0.2, 0) is 4.79 Å². The molecular weight excluding hydrogens is 166 g/mol. The maximum absolute atomic E-state index is 10.7. The maximum Gasteiger partial charge on any atom is 0.191 e. The van der Waals surface area contributed by atoms with Gasteiger partial charge in [-0.1, -0.05) is 19.8 Å². The molecule has 13 heavy (non-hydrogen) atoms. The zero-order chi connectivity index (χ0) is 9.84. The number of aliphatic hydroxyl groups excluding tert-OH is 1. The number of carbonyl (C=O) groups is 1. The lowest BCUT2D eigenvalue weighted by molar-refractivity contribution is -0.123. The Balaban J connectivity index is 2.25. The highest BCUT2D eigenvalue weighted by Crippen LogP contribution is 2.14. The largest absolute Gasteiger partial charge is 0.383 e.